The van der Waals surface area contributed by atoms with Gasteiger partial charge in [0.05, 0.1) is 6.20 Å². The normalized spacial score (nSPS) is 22.8. The summed E-state index contributed by atoms with van der Waals surface area (Å²) >= 11 is 0. The van der Waals surface area contributed by atoms with Gasteiger partial charge in [0, 0.05) is 12.5 Å². The minimum atomic E-state index is -0.449. The molecule has 76 valence electrons. The summed E-state index contributed by atoms with van der Waals surface area (Å²) < 4.78 is 0. The van der Waals surface area contributed by atoms with Crippen LogP contribution in [0.1, 0.15) is 28.7 Å². The highest BCUT2D eigenvalue weighted by atomic mass is 16.1. The first-order valence-electron chi connectivity index (χ1n) is 4.70. The first-order valence-corrected chi connectivity index (χ1v) is 4.70. The minimum absolute atomic E-state index is 0.398. The van der Waals surface area contributed by atoms with E-state index in [1.807, 2.05) is 0 Å². The van der Waals surface area contributed by atoms with E-state index in [0.717, 1.165) is 25.3 Å². The summed E-state index contributed by atoms with van der Waals surface area (Å²) in [5.74, 6) is 0.839. The van der Waals surface area contributed by atoms with Gasteiger partial charge in [-0.05, 0) is 20.0 Å². The molecule has 1 saturated heterocycles. The second-order valence-corrected chi connectivity index (χ2v) is 3.79. The van der Waals surface area contributed by atoms with Gasteiger partial charge in [-0.25, -0.2) is 4.98 Å². The lowest BCUT2D eigenvalue weighted by Gasteiger charge is -2.06. The van der Waals surface area contributed by atoms with E-state index in [0.29, 0.717) is 11.6 Å². The third kappa shape index (κ3) is 1.63. The predicted molar refractivity (Wildman–Crippen MR) is 52.0 cm³/mol. The van der Waals surface area contributed by atoms with Gasteiger partial charge in [-0.15, -0.1) is 0 Å². The third-order valence-electron chi connectivity index (χ3n) is 2.64. The molecule has 0 spiro atoms. The number of likely N-dealkylation sites (tertiary alicyclic amines) is 1. The Bertz CT molecular complexity index is 346. The Balaban J connectivity index is 2.13. The predicted octanol–water partition coefficient (Wildman–Crippen LogP) is -0.0723. The number of aromatic amines is 1. The van der Waals surface area contributed by atoms with Crippen molar-refractivity contribution < 1.29 is 4.79 Å². The summed E-state index contributed by atoms with van der Waals surface area (Å²) in [6.45, 7) is 2.07. The standard InChI is InChI=1S/C9H14N4O/c1-13-3-2-6(5-13)9-11-4-7(12-9)8(10)14/h4,6H,2-3,5H2,1H3,(H2,10,14)(H,11,12)/t6-/m0/s1. The molecule has 1 aliphatic rings. The van der Waals surface area contributed by atoms with E-state index in [2.05, 4.69) is 21.9 Å². The van der Waals surface area contributed by atoms with Crippen LogP contribution in [0.25, 0.3) is 0 Å². The summed E-state index contributed by atoms with van der Waals surface area (Å²) in [6.07, 6.45) is 2.60. The number of H-pyrrole nitrogens is 1. The fourth-order valence-corrected chi connectivity index (χ4v) is 1.83. The number of nitrogens with one attached hydrogen (secondary N) is 1. The number of likely N-dealkylation sites (N-methyl/N-ethyl adjacent to an activating group) is 1. The number of carbonyl (C=O) groups excluding carboxylic acids is 1. The first-order chi connectivity index (χ1) is 6.66. The van der Waals surface area contributed by atoms with Crippen LogP contribution in [0.3, 0.4) is 0 Å². The van der Waals surface area contributed by atoms with Crippen molar-refractivity contribution in [1.29, 1.82) is 0 Å². The fraction of sp³-hybridized carbons (Fsp3) is 0.556. The van der Waals surface area contributed by atoms with Crippen LogP contribution in [0.15, 0.2) is 6.20 Å². The highest BCUT2D eigenvalue weighted by molar-refractivity contribution is 5.90. The number of amides is 1. The summed E-state index contributed by atoms with van der Waals surface area (Å²) in [4.78, 5) is 20.2. The molecule has 5 heteroatoms. The largest absolute Gasteiger partial charge is 0.364 e. The Morgan fingerprint density at radius 1 is 1.79 bits per heavy atom. The highest BCUT2D eigenvalue weighted by Gasteiger charge is 2.23. The van der Waals surface area contributed by atoms with Crippen LogP contribution in [0.5, 0.6) is 0 Å². The quantitative estimate of drug-likeness (QED) is 0.692. The van der Waals surface area contributed by atoms with Crippen molar-refractivity contribution in [2.45, 2.75) is 12.3 Å². The molecule has 0 radical (unpaired) electrons. The third-order valence-corrected chi connectivity index (χ3v) is 2.64. The zero-order valence-electron chi connectivity index (χ0n) is 8.16. The van der Waals surface area contributed by atoms with Crippen LogP contribution in [0, 0.1) is 0 Å². The van der Waals surface area contributed by atoms with Gasteiger partial charge in [0.1, 0.15) is 11.5 Å². The second kappa shape index (κ2) is 3.42. The van der Waals surface area contributed by atoms with E-state index >= 15 is 0 Å². The average Bonchev–Trinajstić information content (AvgIpc) is 2.70. The van der Waals surface area contributed by atoms with Crippen molar-refractivity contribution in [3.05, 3.63) is 17.7 Å². The summed E-state index contributed by atoms with van der Waals surface area (Å²) in [5.41, 5.74) is 5.53. The molecule has 0 aliphatic carbocycles. The van der Waals surface area contributed by atoms with Crippen LogP contribution in [0.2, 0.25) is 0 Å². The lowest BCUT2D eigenvalue weighted by molar-refractivity contribution is 0.0996. The SMILES string of the molecule is CN1CC[C@H](c2ncc(C(N)=O)[nH]2)C1. The zero-order chi connectivity index (χ0) is 10.1. The Labute approximate surface area is 82.3 Å². The molecular weight excluding hydrogens is 180 g/mol. The molecule has 0 bridgehead atoms. The van der Waals surface area contributed by atoms with Crippen molar-refractivity contribution in [3.63, 3.8) is 0 Å². The molecule has 1 aliphatic heterocycles. The van der Waals surface area contributed by atoms with Crippen molar-refractivity contribution in [2.24, 2.45) is 5.73 Å². The molecule has 1 fully saturated rings. The molecule has 1 aromatic rings. The Hall–Kier alpha value is -1.36. The lowest BCUT2D eigenvalue weighted by atomic mass is 10.1. The molecule has 2 heterocycles. The minimum Gasteiger partial charge on any atom is -0.364 e. The van der Waals surface area contributed by atoms with Gasteiger partial charge in [-0.3, -0.25) is 4.79 Å². The van der Waals surface area contributed by atoms with Crippen molar-refractivity contribution in [2.75, 3.05) is 20.1 Å². The number of aromatic nitrogens is 2. The van der Waals surface area contributed by atoms with Crippen LogP contribution in [-0.4, -0.2) is 40.9 Å². The number of nitrogens with zero attached hydrogens (tertiary/aromatic N) is 2. The molecule has 1 aromatic heterocycles. The number of primary amides is 1. The summed E-state index contributed by atoms with van der Waals surface area (Å²) in [7, 11) is 2.08. The molecule has 3 N–H and O–H groups in total. The maximum Gasteiger partial charge on any atom is 0.266 e. The topological polar surface area (TPSA) is 75.0 Å². The van der Waals surface area contributed by atoms with E-state index < -0.39 is 5.91 Å². The van der Waals surface area contributed by atoms with Gasteiger partial charge in [0.15, 0.2) is 0 Å². The van der Waals surface area contributed by atoms with Crippen LogP contribution in [-0.2, 0) is 0 Å². The fourth-order valence-electron chi connectivity index (χ4n) is 1.83. The number of imidazole rings is 1. The monoisotopic (exact) mass is 194 g/mol. The molecule has 5 nitrogen and oxygen atoms in total. The number of rotatable bonds is 2. The highest BCUT2D eigenvalue weighted by Crippen LogP contribution is 2.23. The molecule has 0 saturated carbocycles. The van der Waals surface area contributed by atoms with E-state index in [4.69, 9.17) is 5.73 Å². The second-order valence-electron chi connectivity index (χ2n) is 3.79. The average molecular weight is 194 g/mol. The van der Waals surface area contributed by atoms with E-state index in [1.54, 1.807) is 0 Å². The number of nitrogens with two attached hydrogens (primary N) is 1. The smallest absolute Gasteiger partial charge is 0.266 e. The van der Waals surface area contributed by atoms with Gasteiger partial charge in [0.25, 0.3) is 5.91 Å². The molecule has 0 aromatic carbocycles. The van der Waals surface area contributed by atoms with Crippen molar-refractivity contribution in [3.8, 4) is 0 Å². The Morgan fingerprint density at radius 3 is 3.07 bits per heavy atom. The maximum atomic E-state index is 10.8. The van der Waals surface area contributed by atoms with Crippen molar-refractivity contribution >= 4 is 5.91 Å². The Morgan fingerprint density at radius 2 is 2.57 bits per heavy atom. The van der Waals surface area contributed by atoms with E-state index in [-0.39, 0.29) is 0 Å². The Kier molecular flexibility index (Phi) is 2.25. The lowest BCUT2D eigenvalue weighted by Crippen LogP contribution is -2.14. The van der Waals surface area contributed by atoms with Gasteiger partial charge < -0.3 is 15.6 Å². The summed E-state index contributed by atoms with van der Waals surface area (Å²) in [6, 6.07) is 0. The summed E-state index contributed by atoms with van der Waals surface area (Å²) in [5, 5.41) is 0. The zero-order valence-corrected chi connectivity index (χ0v) is 8.16. The van der Waals surface area contributed by atoms with Gasteiger partial charge >= 0.3 is 0 Å². The van der Waals surface area contributed by atoms with Crippen molar-refractivity contribution in [1.82, 2.24) is 14.9 Å². The maximum absolute atomic E-state index is 10.8. The van der Waals surface area contributed by atoms with E-state index in [1.165, 1.54) is 6.20 Å². The molecular formula is C9H14N4O. The number of carbonyl (C=O) groups is 1. The van der Waals surface area contributed by atoms with Crippen LogP contribution >= 0.6 is 0 Å². The molecule has 1 amide bonds. The van der Waals surface area contributed by atoms with Crippen LogP contribution in [0.4, 0.5) is 0 Å². The first kappa shape index (κ1) is 9.21. The van der Waals surface area contributed by atoms with E-state index in [9.17, 15) is 4.79 Å². The van der Waals surface area contributed by atoms with Gasteiger partial charge in [0.2, 0.25) is 0 Å². The molecule has 14 heavy (non-hydrogen) atoms. The van der Waals surface area contributed by atoms with Crippen LogP contribution < -0.4 is 5.73 Å². The number of hydrogen-bond donors (Lipinski definition) is 2. The van der Waals surface area contributed by atoms with Gasteiger partial charge in [-0.2, -0.15) is 0 Å². The number of hydrogen-bond acceptors (Lipinski definition) is 3. The van der Waals surface area contributed by atoms with Gasteiger partial charge in [-0.1, -0.05) is 0 Å². The molecule has 0 unspecified atom stereocenters. The molecule has 2 rings (SSSR count). The molecule has 1 atom stereocenters.